The van der Waals surface area contributed by atoms with E-state index in [-0.39, 0.29) is 5.69 Å². The second kappa shape index (κ2) is 5.10. The number of allylic oxidation sites excluding steroid dienone is 1. The van der Waals surface area contributed by atoms with E-state index in [9.17, 15) is 4.79 Å². The molecule has 0 fully saturated rings. The quantitative estimate of drug-likeness (QED) is 0.855. The maximum absolute atomic E-state index is 11.0. The minimum atomic E-state index is -1.02. The Hall–Kier alpha value is -2.36. The molecule has 1 N–H and O–H groups in total. The summed E-state index contributed by atoms with van der Waals surface area (Å²) in [5, 5.41) is 13.1. The van der Waals surface area contributed by atoms with Crippen LogP contribution in [-0.4, -0.2) is 20.9 Å². The molecule has 19 heavy (non-hydrogen) atoms. The van der Waals surface area contributed by atoms with Crippen molar-refractivity contribution in [3.05, 3.63) is 53.7 Å². The molecule has 0 bridgehead atoms. The fourth-order valence-corrected chi connectivity index (χ4v) is 2.10. The summed E-state index contributed by atoms with van der Waals surface area (Å²) < 4.78 is 1.66. The summed E-state index contributed by atoms with van der Waals surface area (Å²) in [6.07, 6.45) is 1.70. The molecular formula is C15H16N2O2. The third-order valence-electron chi connectivity index (χ3n) is 2.96. The first-order valence-corrected chi connectivity index (χ1v) is 6.02. The van der Waals surface area contributed by atoms with E-state index in [4.69, 9.17) is 5.11 Å². The van der Waals surface area contributed by atoms with Gasteiger partial charge in [-0.05, 0) is 25.5 Å². The van der Waals surface area contributed by atoms with E-state index in [2.05, 4.69) is 17.7 Å². The van der Waals surface area contributed by atoms with Gasteiger partial charge in [-0.3, -0.25) is 4.68 Å². The van der Waals surface area contributed by atoms with Gasteiger partial charge in [0.05, 0.1) is 12.2 Å². The van der Waals surface area contributed by atoms with Crippen LogP contribution in [0.1, 0.15) is 21.6 Å². The van der Waals surface area contributed by atoms with Crippen LogP contribution in [0.15, 0.2) is 36.9 Å². The maximum Gasteiger partial charge on any atom is 0.356 e. The lowest BCUT2D eigenvalue weighted by molar-refractivity contribution is 0.0689. The number of aromatic nitrogens is 2. The standard InChI is InChI=1S/C15H16N2O2/c1-4-7-17-14(9-13(16-17)15(18)19)12-6-5-10(2)8-11(12)3/h4-6,8-9H,1,7H2,2-3H3,(H,18,19). The minimum absolute atomic E-state index is 0.0526. The van der Waals surface area contributed by atoms with Gasteiger partial charge >= 0.3 is 5.97 Å². The number of rotatable bonds is 4. The highest BCUT2D eigenvalue weighted by Gasteiger charge is 2.15. The molecule has 2 aromatic rings. The van der Waals surface area contributed by atoms with Crippen molar-refractivity contribution in [3.63, 3.8) is 0 Å². The lowest BCUT2D eigenvalue weighted by atomic mass is 10.0. The van der Waals surface area contributed by atoms with Crippen LogP contribution >= 0.6 is 0 Å². The SMILES string of the molecule is C=CCn1nc(C(=O)O)cc1-c1ccc(C)cc1C. The second-order valence-corrected chi connectivity index (χ2v) is 4.51. The van der Waals surface area contributed by atoms with Crippen molar-refractivity contribution >= 4 is 5.97 Å². The van der Waals surface area contributed by atoms with E-state index in [1.54, 1.807) is 16.8 Å². The first kappa shape index (κ1) is 13.1. The zero-order valence-electron chi connectivity index (χ0n) is 11.1. The van der Waals surface area contributed by atoms with Crippen LogP contribution in [0.2, 0.25) is 0 Å². The number of carboxylic acids is 1. The van der Waals surface area contributed by atoms with E-state index in [0.29, 0.717) is 6.54 Å². The highest BCUT2D eigenvalue weighted by atomic mass is 16.4. The minimum Gasteiger partial charge on any atom is -0.476 e. The Balaban J connectivity index is 2.59. The number of carbonyl (C=O) groups is 1. The van der Waals surface area contributed by atoms with Gasteiger partial charge in [-0.15, -0.1) is 6.58 Å². The number of aryl methyl sites for hydroxylation is 2. The Labute approximate surface area is 112 Å². The summed E-state index contributed by atoms with van der Waals surface area (Å²) in [6.45, 7) is 8.19. The van der Waals surface area contributed by atoms with Crippen molar-refractivity contribution in [1.82, 2.24) is 9.78 Å². The molecule has 1 heterocycles. The number of hydrogen-bond donors (Lipinski definition) is 1. The van der Waals surface area contributed by atoms with E-state index < -0.39 is 5.97 Å². The molecule has 0 saturated heterocycles. The number of nitrogens with zero attached hydrogens (tertiary/aromatic N) is 2. The Kier molecular flexibility index (Phi) is 3.51. The van der Waals surface area contributed by atoms with Crippen LogP contribution in [0.5, 0.6) is 0 Å². The van der Waals surface area contributed by atoms with Crippen molar-refractivity contribution in [2.75, 3.05) is 0 Å². The highest BCUT2D eigenvalue weighted by Crippen LogP contribution is 2.25. The van der Waals surface area contributed by atoms with Gasteiger partial charge in [-0.25, -0.2) is 4.79 Å². The van der Waals surface area contributed by atoms with E-state index in [1.165, 1.54) is 5.56 Å². The van der Waals surface area contributed by atoms with Gasteiger partial charge in [0, 0.05) is 5.56 Å². The predicted octanol–water partition coefficient (Wildman–Crippen LogP) is 3.05. The molecular weight excluding hydrogens is 240 g/mol. The summed E-state index contributed by atoms with van der Waals surface area (Å²) in [5.74, 6) is -1.02. The number of hydrogen-bond acceptors (Lipinski definition) is 2. The maximum atomic E-state index is 11.0. The van der Waals surface area contributed by atoms with Gasteiger partial charge in [0.2, 0.25) is 0 Å². The largest absolute Gasteiger partial charge is 0.476 e. The zero-order chi connectivity index (χ0) is 14.0. The predicted molar refractivity (Wildman–Crippen MR) is 74.3 cm³/mol. The molecule has 0 aliphatic heterocycles. The molecule has 0 unspecified atom stereocenters. The van der Waals surface area contributed by atoms with E-state index >= 15 is 0 Å². The van der Waals surface area contributed by atoms with Gasteiger partial charge in [0.25, 0.3) is 0 Å². The number of benzene rings is 1. The fourth-order valence-electron chi connectivity index (χ4n) is 2.10. The van der Waals surface area contributed by atoms with E-state index in [1.807, 2.05) is 26.0 Å². The molecule has 1 aromatic heterocycles. The Morgan fingerprint density at radius 2 is 2.16 bits per heavy atom. The van der Waals surface area contributed by atoms with Gasteiger partial charge in [0.1, 0.15) is 0 Å². The molecule has 1 aromatic carbocycles. The summed E-state index contributed by atoms with van der Waals surface area (Å²) in [7, 11) is 0. The van der Waals surface area contributed by atoms with Crippen molar-refractivity contribution in [1.29, 1.82) is 0 Å². The van der Waals surface area contributed by atoms with Gasteiger partial charge in [-0.1, -0.05) is 29.8 Å². The Morgan fingerprint density at radius 1 is 1.42 bits per heavy atom. The Morgan fingerprint density at radius 3 is 2.74 bits per heavy atom. The van der Waals surface area contributed by atoms with Crippen LogP contribution in [0.3, 0.4) is 0 Å². The molecule has 0 amide bonds. The van der Waals surface area contributed by atoms with E-state index in [0.717, 1.165) is 16.8 Å². The van der Waals surface area contributed by atoms with Gasteiger partial charge < -0.3 is 5.11 Å². The first-order chi connectivity index (χ1) is 9.02. The first-order valence-electron chi connectivity index (χ1n) is 6.02. The molecule has 0 saturated carbocycles. The topological polar surface area (TPSA) is 55.1 Å². The normalized spacial score (nSPS) is 10.4. The lowest BCUT2D eigenvalue weighted by Crippen LogP contribution is -2.03. The zero-order valence-corrected chi connectivity index (χ0v) is 11.1. The molecule has 0 spiro atoms. The molecule has 0 aliphatic rings. The van der Waals surface area contributed by atoms with Crippen LogP contribution in [0.25, 0.3) is 11.3 Å². The molecule has 0 aliphatic carbocycles. The van der Waals surface area contributed by atoms with Gasteiger partial charge in [-0.2, -0.15) is 5.10 Å². The highest BCUT2D eigenvalue weighted by molar-refractivity contribution is 5.87. The van der Waals surface area contributed by atoms with Crippen LogP contribution < -0.4 is 0 Å². The molecule has 4 heteroatoms. The number of aromatic carboxylic acids is 1. The molecule has 4 nitrogen and oxygen atoms in total. The summed E-state index contributed by atoms with van der Waals surface area (Å²) in [6, 6.07) is 7.67. The molecule has 98 valence electrons. The fraction of sp³-hybridized carbons (Fsp3) is 0.200. The lowest BCUT2D eigenvalue weighted by Gasteiger charge is -2.08. The van der Waals surface area contributed by atoms with Crippen LogP contribution in [-0.2, 0) is 6.54 Å². The Bertz CT molecular complexity index is 642. The van der Waals surface area contributed by atoms with Crippen LogP contribution in [0, 0.1) is 13.8 Å². The monoisotopic (exact) mass is 256 g/mol. The third kappa shape index (κ3) is 2.57. The van der Waals surface area contributed by atoms with Crippen molar-refractivity contribution in [2.24, 2.45) is 0 Å². The van der Waals surface area contributed by atoms with Crippen LogP contribution in [0.4, 0.5) is 0 Å². The van der Waals surface area contributed by atoms with Gasteiger partial charge in [0.15, 0.2) is 5.69 Å². The summed E-state index contributed by atoms with van der Waals surface area (Å²) in [5.41, 5.74) is 4.12. The average molecular weight is 256 g/mol. The molecule has 2 rings (SSSR count). The molecule has 0 atom stereocenters. The van der Waals surface area contributed by atoms with Crippen molar-refractivity contribution < 1.29 is 9.90 Å². The third-order valence-corrected chi connectivity index (χ3v) is 2.96. The summed E-state index contributed by atoms with van der Waals surface area (Å²) >= 11 is 0. The van der Waals surface area contributed by atoms with Crippen molar-refractivity contribution in [3.8, 4) is 11.3 Å². The average Bonchev–Trinajstić information content (AvgIpc) is 2.74. The second-order valence-electron chi connectivity index (χ2n) is 4.51. The molecule has 0 radical (unpaired) electrons. The smallest absolute Gasteiger partial charge is 0.356 e. The van der Waals surface area contributed by atoms with Crippen molar-refractivity contribution in [2.45, 2.75) is 20.4 Å². The number of carboxylic acid groups (broad SMARTS) is 1. The summed E-state index contributed by atoms with van der Waals surface area (Å²) in [4.78, 5) is 11.0.